The first-order chi connectivity index (χ1) is 8.18. The Labute approximate surface area is 98.2 Å². The minimum Gasteiger partial charge on any atom is -0.348 e. The van der Waals surface area contributed by atoms with E-state index in [2.05, 4.69) is 10.6 Å². The molecule has 1 atom stereocenters. The van der Waals surface area contributed by atoms with Gasteiger partial charge in [0.25, 0.3) is 5.91 Å². The second kappa shape index (κ2) is 5.23. The van der Waals surface area contributed by atoms with Crippen molar-refractivity contribution in [1.82, 2.24) is 10.6 Å². The van der Waals surface area contributed by atoms with E-state index in [-0.39, 0.29) is 11.6 Å². The van der Waals surface area contributed by atoms with Crippen LogP contribution in [0.15, 0.2) is 18.2 Å². The van der Waals surface area contributed by atoms with E-state index in [4.69, 9.17) is 0 Å². The summed E-state index contributed by atoms with van der Waals surface area (Å²) in [6.45, 7) is 1.60. The van der Waals surface area contributed by atoms with Gasteiger partial charge in [-0.15, -0.1) is 0 Å². The second-order valence-electron chi connectivity index (χ2n) is 4.12. The molecule has 1 saturated heterocycles. The first-order valence-electron chi connectivity index (χ1n) is 5.64. The number of hydrogen-bond donors (Lipinski definition) is 2. The average molecular weight is 240 g/mol. The Kier molecular flexibility index (Phi) is 3.68. The van der Waals surface area contributed by atoms with Crippen LogP contribution in [0.1, 0.15) is 23.2 Å². The molecule has 1 aromatic carbocycles. The van der Waals surface area contributed by atoms with Gasteiger partial charge in [0.15, 0.2) is 11.6 Å². The zero-order chi connectivity index (χ0) is 12.3. The number of halogens is 2. The van der Waals surface area contributed by atoms with Gasteiger partial charge in [-0.1, -0.05) is 6.07 Å². The third-order valence-corrected chi connectivity index (χ3v) is 2.83. The Hall–Kier alpha value is -1.49. The molecule has 0 aromatic heterocycles. The topological polar surface area (TPSA) is 41.1 Å². The molecule has 1 aliphatic rings. The van der Waals surface area contributed by atoms with Crippen molar-refractivity contribution >= 4 is 5.91 Å². The van der Waals surface area contributed by atoms with Crippen LogP contribution in [0.4, 0.5) is 8.78 Å². The van der Waals surface area contributed by atoms with E-state index in [0.29, 0.717) is 6.54 Å². The van der Waals surface area contributed by atoms with E-state index in [1.807, 2.05) is 0 Å². The predicted octanol–water partition coefficient (Wildman–Crippen LogP) is 1.45. The summed E-state index contributed by atoms with van der Waals surface area (Å²) in [5.74, 6) is -2.65. The summed E-state index contributed by atoms with van der Waals surface area (Å²) in [4.78, 5) is 11.7. The Morgan fingerprint density at radius 1 is 1.41 bits per heavy atom. The van der Waals surface area contributed by atoms with Gasteiger partial charge in [0.05, 0.1) is 5.56 Å². The molecule has 2 rings (SSSR count). The maximum absolute atomic E-state index is 13.4. The van der Waals surface area contributed by atoms with Gasteiger partial charge in [0.2, 0.25) is 0 Å². The van der Waals surface area contributed by atoms with Crippen LogP contribution in [0.25, 0.3) is 0 Å². The number of carbonyl (C=O) groups excluding carboxylic acids is 1. The number of rotatable bonds is 2. The minimum absolute atomic E-state index is 0.0149. The van der Waals surface area contributed by atoms with Crippen molar-refractivity contribution in [2.24, 2.45) is 0 Å². The first-order valence-corrected chi connectivity index (χ1v) is 5.64. The average Bonchev–Trinajstić information content (AvgIpc) is 2.34. The van der Waals surface area contributed by atoms with Gasteiger partial charge in [-0.2, -0.15) is 0 Å². The molecule has 1 aliphatic heterocycles. The van der Waals surface area contributed by atoms with Gasteiger partial charge >= 0.3 is 0 Å². The van der Waals surface area contributed by atoms with Crippen molar-refractivity contribution in [3.63, 3.8) is 0 Å². The summed E-state index contributed by atoms with van der Waals surface area (Å²) < 4.78 is 26.3. The van der Waals surface area contributed by atoms with Crippen molar-refractivity contribution in [3.05, 3.63) is 35.4 Å². The van der Waals surface area contributed by atoms with Gasteiger partial charge in [0.1, 0.15) is 0 Å². The molecule has 1 unspecified atom stereocenters. The van der Waals surface area contributed by atoms with E-state index in [1.165, 1.54) is 12.1 Å². The highest BCUT2D eigenvalue weighted by Crippen LogP contribution is 2.12. The zero-order valence-corrected chi connectivity index (χ0v) is 9.30. The lowest BCUT2D eigenvalue weighted by atomic mass is 10.1. The molecule has 5 heteroatoms. The minimum atomic E-state index is -1.09. The molecule has 1 fully saturated rings. The highest BCUT2D eigenvalue weighted by atomic mass is 19.2. The molecule has 0 spiro atoms. The van der Waals surface area contributed by atoms with Crippen LogP contribution in [-0.4, -0.2) is 25.0 Å². The molecule has 17 heavy (non-hydrogen) atoms. The van der Waals surface area contributed by atoms with Crippen LogP contribution in [0, 0.1) is 11.6 Å². The van der Waals surface area contributed by atoms with Crippen molar-refractivity contribution in [3.8, 4) is 0 Å². The summed E-state index contributed by atoms with van der Waals surface area (Å²) >= 11 is 0. The SMILES string of the molecule is O=C(NC1CCCNC1)c1cccc(F)c1F. The van der Waals surface area contributed by atoms with E-state index >= 15 is 0 Å². The third-order valence-electron chi connectivity index (χ3n) is 2.83. The monoisotopic (exact) mass is 240 g/mol. The Balaban J connectivity index is 2.06. The number of amides is 1. The van der Waals surface area contributed by atoms with Crippen LogP contribution >= 0.6 is 0 Å². The lowest BCUT2D eigenvalue weighted by Gasteiger charge is -2.23. The fraction of sp³-hybridized carbons (Fsp3) is 0.417. The van der Waals surface area contributed by atoms with Gasteiger partial charge in [-0.05, 0) is 31.5 Å². The molecule has 2 N–H and O–H groups in total. The lowest BCUT2D eigenvalue weighted by Crippen LogP contribution is -2.45. The van der Waals surface area contributed by atoms with Crippen molar-refractivity contribution in [1.29, 1.82) is 0 Å². The second-order valence-corrected chi connectivity index (χ2v) is 4.12. The largest absolute Gasteiger partial charge is 0.348 e. The zero-order valence-electron chi connectivity index (χ0n) is 9.30. The fourth-order valence-corrected chi connectivity index (χ4v) is 1.92. The molecule has 1 amide bonds. The quantitative estimate of drug-likeness (QED) is 0.821. The smallest absolute Gasteiger partial charge is 0.254 e. The number of piperidine rings is 1. The van der Waals surface area contributed by atoms with E-state index in [1.54, 1.807) is 0 Å². The first kappa shape index (κ1) is 12.0. The molecule has 0 bridgehead atoms. The number of benzene rings is 1. The normalized spacial score (nSPS) is 20.0. The maximum atomic E-state index is 13.4. The molecule has 1 aromatic rings. The standard InChI is InChI=1S/C12H14F2N2O/c13-10-5-1-4-9(11(10)14)12(17)16-8-3-2-6-15-7-8/h1,4-5,8,15H,2-3,6-7H2,(H,16,17). The van der Waals surface area contributed by atoms with E-state index in [9.17, 15) is 13.6 Å². The van der Waals surface area contributed by atoms with Gasteiger partial charge < -0.3 is 10.6 Å². The highest BCUT2D eigenvalue weighted by molar-refractivity contribution is 5.94. The van der Waals surface area contributed by atoms with Gasteiger partial charge in [-0.25, -0.2) is 8.78 Å². The number of carbonyl (C=O) groups is 1. The number of hydrogen-bond acceptors (Lipinski definition) is 2. The molecule has 3 nitrogen and oxygen atoms in total. The Morgan fingerprint density at radius 2 is 2.24 bits per heavy atom. The van der Waals surface area contributed by atoms with Gasteiger partial charge in [0, 0.05) is 12.6 Å². The van der Waals surface area contributed by atoms with Crippen LogP contribution in [0.3, 0.4) is 0 Å². The summed E-state index contributed by atoms with van der Waals surface area (Å²) in [5, 5.41) is 5.83. The molecule has 92 valence electrons. The van der Waals surface area contributed by atoms with Crippen LogP contribution in [0.5, 0.6) is 0 Å². The molecular formula is C12H14F2N2O. The van der Waals surface area contributed by atoms with Crippen molar-refractivity contribution in [2.45, 2.75) is 18.9 Å². The summed E-state index contributed by atoms with van der Waals surface area (Å²) in [7, 11) is 0. The van der Waals surface area contributed by atoms with E-state index < -0.39 is 17.5 Å². The molecular weight excluding hydrogens is 226 g/mol. The summed E-state index contributed by atoms with van der Waals surface area (Å²) in [6, 6.07) is 3.59. The predicted molar refractivity (Wildman–Crippen MR) is 59.7 cm³/mol. The third kappa shape index (κ3) is 2.79. The molecule has 1 heterocycles. The fourth-order valence-electron chi connectivity index (χ4n) is 1.92. The molecule has 0 aliphatic carbocycles. The molecule has 0 radical (unpaired) electrons. The van der Waals surface area contributed by atoms with E-state index in [0.717, 1.165) is 25.5 Å². The van der Waals surface area contributed by atoms with Gasteiger partial charge in [-0.3, -0.25) is 4.79 Å². The van der Waals surface area contributed by atoms with Crippen molar-refractivity contribution < 1.29 is 13.6 Å². The van der Waals surface area contributed by atoms with Crippen LogP contribution in [0.2, 0.25) is 0 Å². The summed E-state index contributed by atoms with van der Waals surface area (Å²) in [5.41, 5.74) is -0.240. The molecule has 0 saturated carbocycles. The Bertz CT molecular complexity index is 417. The lowest BCUT2D eigenvalue weighted by molar-refractivity contribution is 0.0925. The highest BCUT2D eigenvalue weighted by Gasteiger charge is 2.19. The van der Waals surface area contributed by atoms with Crippen molar-refractivity contribution in [2.75, 3.05) is 13.1 Å². The van der Waals surface area contributed by atoms with Crippen LogP contribution in [-0.2, 0) is 0 Å². The number of nitrogens with one attached hydrogen (secondary N) is 2. The Morgan fingerprint density at radius 3 is 2.94 bits per heavy atom. The maximum Gasteiger partial charge on any atom is 0.254 e. The van der Waals surface area contributed by atoms with Crippen LogP contribution < -0.4 is 10.6 Å². The summed E-state index contributed by atoms with van der Waals surface area (Å²) in [6.07, 6.45) is 1.83.